The maximum absolute atomic E-state index is 2.44. The molecule has 0 unspecified atom stereocenters. The molecule has 0 saturated heterocycles. The summed E-state index contributed by atoms with van der Waals surface area (Å²) in [5, 5.41) is 0. The zero-order valence-electron chi connectivity index (χ0n) is 11.7. The van der Waals surface area contributed by atoms with Crippen molar-refractivity contribution in [1.29, 1.82) is 0 Å². The van der Waals surface area contributed by atoms with Crippen LogP contribution in [0.15, 0.2) is 29.2 Å². The summed E-state index contributed by atoms with van der Waals surface area (Å²) in [6.45, 7) is 13.8. The molecule has 1 aliphatic heterocycles. The third kappa shape index (κ3) is 2.06. The summed E-state index contributed by atoms with van der Waals surface area (Å²) in [4.78, 5) is 1.43. The molecule has 1 heterocycles. The number of hydrogen-bond acceptors (Lipinski definition) is 1. The first-order valence-electron chi connectivity index (χ1n) is 6.23. The monoisotopic (exact) mass is 246 g/mol. The van der Waals surface area contributed by atoms with Gasteiger partial charge >= 0.3 is 0 Å². The van der Waals surface area contributed by atoms with E-state index in [0.29, 0.717) is 0 Å². The van der Waals surface area contributed by atoms with Crippen molar-refractivity contribution < 1.29 is 0 Å². The van der Waals surface area contributed by atoms with Crippen molar-refractivity contribution >= 4 is 17.3 Å². The van der Waals surface area contributed by atoms with Gasteiger partial charge in [-0.3, -0.25) is 0 Å². The molecule has 0 N–H and O–H groups in total. The molecule has 17 heavy (non-hydrogen) atoms. The second-order valence-electron chi connectivity index (χ2n) is 6.11. The quantitative estimate of drug-likeness (QED) is 0.598. The minimum absolute atomic E-state index is 0.202. The first-order valence-corrected chi connectivity index (χ1v) is 7.05. The van der Waals surface area contributed by atoms with E-state index in [1.807, 2.05) is 11.8 Å². The predicted octanol–water partition coefficient (Wildman–Crippen LogP) is 5.31. The molecule has 0 fully saturated rings. The summed E-state index contributed by atoms with van der Waals surface area (Å²) >= 11 is 2.01. The van der Waals surface area contributed by atoms with Gasteiger partial charge in [-0.15, -0.1) is 11.8 Å². The van der Waals surface area contributed by atoms with Crippen LogP contribution < -0.4 is 0 Å². The minimum atomic E-state index is 0.202. The summed E-state index contributed by atoms with van der Waals surface area (Å²) < 4.78 is 0.216. The molecular weight excluding hydrogens is 224 g/mol. The molecule has 2 rings (SSSR count). The molecule has 0 amide bonds. The standard InChI is InChI=1S/C16H22S/c1-11-8-7-9-13-14(11)12(2)10-15(3,4)16(5,6)17-13/h7-10H,1-6H3. The molecule has 1 aromatic rings. The lowest BCUT2D eigenvalue weighted by Crippen LogP contribution is -2.33. The number of allylic oxidation sites excluding steroid dienone is 2. The van der Waals surface area contributed by atoms with Crippen LogP contribution in [0.2, 0.25) is 0 Å². The van der Waals surface area contributed by atoms with Gasteiger partial charge in [0.25, 0.3) is 0 Å². The summed E-state index contributed by atoms with van der Waals surface area (Å²) in [7, 11) is 0. The Morgan fingerprint density at radius 1 is 1.00 bits per heavy atom. The summed E-state index contributed by atoms with van der Waals surface area (Å²) in [5.41, 5.74) is 4.45. The van der Waals surface area contributed by atoms with Gasteiger partial charge in [0.05, 0.1) is 0 Å². The molecule has 0 spiro atoms. The average Bonchev–Trinajstić information content (AvgIpc) is 2.20. The number of hydrogen-bond donors (Lipinski definition) is 0. The van der Waals surface area contributed by atoms with Crippen molar-refractivity contribution in [1.82, 2.24) is 0 Å². The van der Waals surface area contributed by atoms with E-state index in [2.05, 4.69) is 65.8 Å². The number of aryl methyl sites for hydroxylation is 1. The minimum Gasteiger partial charge on any atom is -0.118 e. The van der Waals surface area contributed by atoms with Crippen LogP contribution in [0.4, 0.5) is 0 Å². The largest absolute Gasteiger partial charge is 0.118 e. The van der Waals surface area contributed by atoms with E-state index in [1.165, 1.54) is 21.6 Å². The van der Waals surface area contributed by atoms with E-state index in [4.69, 9.17) is 0 Å². The van der Waals surface area contributed by atoms with Crippen molar-refractivity contribution in [2.75, 3.05) is 0 Å². The molecule has 1 aliphatic rings. The molecule has 1 heteroatoms. The highest BCUT2D eigenvalue weighted by molar-refractivity contribution is 8.00. The Balaban J connectivity index is 2.69. The van der Waals surface area contributed by atoms with Crippen LogP contribution in [0.5, 0.6) is 0 Å². The number of fused-ring (bicyclic) bond motifs is 1. The van der Waals surface area contributed by atoms with E-state index in [9.17, 15) is 0 Å². The zero-order chi connectivity index (χ0) is 12.8. The van der Waals surface area contributed by atoms with Crippen molar-refractivity contribution in [3.8, 4) is 0 Å². The summed E-state index contributed by atoms with van der Waals surface area (Å²) in [6, 6.07) is 6.64. The van der Waals surface area contributed by atoms with Crippen LogP contribution in [0, 0.1) is 12.3 Å². The van der Waals surface area contributed by atoms with Crippen molar-refractivity contribution in [2.24, 2.45) is 5.41 Å². The third-order valence-electron chi connectivity index (χ3n) is 4.12. The molecule has 0 aromatic heterocycles. The highest BCUT2D eigenvalue weighted by Gasteiger charge is 2.38. The first kappa shape index (κ1) is 12.8. The van der Waals surface area contributed by atoms with Gasteiger partial charge < -0.3 is 0 Å². The van der Waals surface area contributed by atoms with Crippen LogP contribution in [-0.4, -0.2) is 4.75 Å². The third-order valence-corrected chi connectivity index (χ3v) is 5.72. The zero-order valence-corrected chi connectivity index (χ0v) is 12.5. The molecule has 0 bridgehead atoms. The Kier molecular flexibility index (Phi) is 2.94. The lowest BCUT2D eigenvalue weighted by molar-refractivity contribution is 0.374. The van der Waals surface area contributed by atoms with Crippen molar-refractivity contribution in [3.63, 3.8) is 0 Å². The van der Waals surface area contributed by atoms with Crippen LogP contribution in [0.25, 0.3) is 5.57 Å². The first-order chi connectivity index (χ1) is 7.74. The molecule has 0 nitrogen and oxygen atoms in total. The Morgan fingerprint density at radius 3 is 2.29 bits per heavy atom. The Bertz CT molecular complexity index is 478. The fourth-order valence-electron chi connectivity index (χ4n) is 2.42. The summed E-state index contributed by atoms with van der Waals surface area (Å²) in [6.07, 6.45) is 2.44. The van der Waals surface area contributed by atoms with E-state index in [0.717, 1.165) is 0 Å². The fourth-order valence-corrected chi connectivity index (χ4v) is 3.87. The molecule has 92 valence electrons. The molecule has 0 aliphatic carbocycles. The second kappa shape index (κ2) is 3.91. The lowest BCUT2D eigenvalue weighted by atomic mass is 9.78. The molecule has 0 saturated carbocycles. The van der Waals surface area contributed by atoms with Crippen LogP contribution >= 0.6 is 11.8 Å². The highest BCUT2D eigenvalue weighted by Crippen LogP contribution is 2.51. The lowest BCUT2D eigenvalue weighted by Gasteiger charge is -2.38. The fraction of sp³-hybridized carbons (Fsp3) is 0.500. The predicted molar refractivity (Wildman–Crippen MR) is 78.5 cm³/mol. The van der Waals surface area contributed by atoms with Crippen LogP contribution in [0.1, 0.15) is 45.7 Å². The van der Waals surface area contributed by atoms with E-state index >= 15 is 0 Å². The summed E-state index contributed by atoms with van der Waals surface area (Å²) in [5.74, 6) is 0. The van der Waals surface area contributed by atoms with Gasteiger partial charge in [0, 0.05) is 9.64 Å². The van der Waals surface area contributed by atoms with Gasteiger partial charge in [0.15, 0.2) is 0 Å². The molecular formula is C16H22S. The van der Waals surface area contributed by atoms with Crippen LogP contribution in [-0.2, 0) is 0 Å². The van der Waals surface area contributed by atoms with E-state index in [-0.39, 0.29) is 10.2 Å². The maximum Gasteiger partial charge on any atom is 0.0236 e. The van der Waals surface area contributed by atoms with E-state index in [1.54, 1.807) is 0 Å². The van der Waals surface area contributed by atoms with Crippen molar-refractivity contribution in [2.45, 2.75) is 51.2 Å². The van der Waals surface area contributed by atoms with Crippen LogP contribution in [0.3, 0.4) is 0 Å². The molecule has 0 atom stereocenters. The topological polar surface area (TPSA) is 0 Å². The second-order valence-corrected chi connectivity index (χ2v) is 7.77. The van der Waals surface area contributed by atoms with Gasteiger partial charge in [-0.1, -0.05) is 32.1 Å². The van der Waals surface area contributed by atoms with Crippen molar-refractivity contribution in [3.05, 3.63) is 35.4 Å². The smallest absolute Gasteiger partial charge is 0.0236 e. The van der Waals surface area contributed by atoms with Gasteiger partial charge in [0.2, 0.25) is 0 Å². The molecule has 1 aromatic carbocycles. The average molecular weight is 246 g/mol. The van der Waals surface area contributed by atoms with Gasteiger partial charge in [-0.05, 0) is 55.9 Å². The van der Waals surface area contributed by atoms with Gasteiger partial charge in [-0.2, -0.15) is 0 Å². The normalized spacial score (nSPS) is 21.4. The molecule has 0 radical (unpaired) electrons. The number of thioether (sulfide) groups is 1. The van der Waals surface area contributed by atoms with Gasteiger partial charge in [0.1, 0.15) is 0 Å². The Hall–Kier alpha value is -0.690. The van der Waals surface area contributed by atoms with E-state index < -0.39 is 0 Å². The number of benzene rings is 1. The number of rotatable bonds is 0. The Morgan fingerprint density at radius 2 is 1.65 bits per heavy atom. The Labute approximate surface area is 110 Å². The highest BCUT2D eigenvalue weighted by atomic mass is 32.2. The SMILES string of the molecule is CC1=CC(C)(C)C(C)(C)Sc2cccc(C)c21. The maximum atomic E-state index is 2.44. The van der Waals surface area contributed by atoms with Gasteiger partial charge in [-0.25, -0.2) is 0 Å².